The highest BCUT2D eigenvalue weighted by Crippen LogP contribution is 2.46. The number of nitrogens with one attached hydrogen (secondary N) is 1. The normalized spacial score (nSPS) is 24.3. The van der Waals surface area contributed by atoms with Gasteiger partial charge in [0.1, 0.15) is 3.70 Å². The SMILES string of the molecule is CNCCC(=O)OCC(=O)OCOP(=O)(O)OC[C@@H]1C[C@](C)(F)[C@H](n2ccc(I)nc2=O)O1. The number of halogens is 2. The third-order valence-corrected chi connectivity index (χ3v) is 5.81. The molecule has 16 heteroatoms. The van der Waals surface area contributed by atoms with Crippen molar-refractivity contribution in [3.05, 3.63) is 26.4 Å². The fourth-order valence-corrected chi connectivity index (χ4v) is 3.78. The van der Waals surface area contributed by atoms with Crippen LogP contribution in [0.1, 0.15) is 26.0 Å². The summed E-state index contributed by atoms with van der Waals surface area (Å²) in [6.45, 7) is -0.579. The molecule has 0 spiro atoms. The number of carbonyl (C=O) groups is 2. The minimum atomic E-state index is -4.68. The average molecular weight is 607 g/mol. The Balaban J connectivity index is 1.77. The molecule has 4 atom stereocenters. The fraction of sp³-hybridized carbons (Fsp3) is 0.647. The Kier molecular flexibility index (Phi) is 10.3. The van der Waals surface area contributed by atoms with Crippen molar-refractivity contribution in [1.82, 2.24) is 14.9 Å². The standard InChI is InChI=1S/C17H24FIN3O10P/c1-17(18)7-11(32-15(17)22-6-4-12(19)21-16(22)25)8-30-33(26,27)31-10-29-14(24)9-28-13(23)3-5-20-2/h4,6,11,15,20H,3,5,7-10H2,1-2H3,(H,26,27)/t11-,15+,17-/m0/s1. The van der Waals surface area contributed by atoms with E-state index in [4.69, 9.17) is 9.26 Å². The first kappa shape index (κ1) is 27.8. The number of aromatic nitrogens is 2. The van der Waals surface area contributed by atoms with Crippen molar-refractivity contribution in [2.24, 2.45) is 0 Å². The van der Waals surface area contributed by atoms with Crippen LogP contribution >= 0.6 is 30.4 Å². The second-order valence-electron chi connectivity index (χ2n) is 7.07. The van der Waals surface area contributed by atoms with Gasteiger partial charge in [-0.25, -0.2) is 23.1 Å². The highest BCUT2D eigenvalue weighted by atomic mass is 127. The molecule has 0 radical (unpaired) electrons. The van der Waals surface area contributed by atoms with E-state index in [1.54, 1.807) is 7.05 Å². The largest absolute Gasteiger partial charge is 0.475 e. The Morgan fingerprint density at radius 1 is 1.42 bits per heavy atom. The van der Waals surface area contributed by atoms with E-state index in [-0.39, 0.29) is 12.8 Å². The maximum atomic E-state index is 15.0. The Morgan fingerprint density at radius 2 is 2.15 bits per heavy atom. The third-order valence-electron chi connectivity index (χ3n) is 4.30. The fourth-order valence-electron chi connectivity index (χ4n) is 2.80. The zero-order valence-electron chi connectivity index (χ0n) is 17.8. The highest BCUT2D eigenvalue weighted by molar-refractivity contribution is 14.1. The lowest BCUT2D eigenvalue weighted by Crippen LogP contribution is -2.35. The molecule has 0 bridgehead atoms. The first-order valence-electron chi connectivity index (χ1n) is 9.60. The van der Waals surface area contributed by atoms with Gasteiger partial charge in [0.05, 0.1) is 19.1 Å². The Hall–Kier alpha value is -1.49. The smallest absolute Gasteiger partial charge is 0.454 e. The van der Waals surface area contributed by atoms with Gasteiger partial charge in [-0.15, -0.1) is 0 Å². The van der Waals surface area contributed by atoms with Crippen LogP contribution in [0.3, 0.4) is 0 Å². The summed E-state index contributed by atoms with van der Waals surface area (Å²) in [6, 6.07) is 1.51. The molecule has 2 heterocycles. The molecule has 0 aromatic carbocycles. The molecule has 1 aromatic heterocycles. The second kappa shape index (κ2) is 12.3. The van der Waals surface area contributed by atoms with E-state index in [2.05, 4.69) is 24.3 Å². The molecule has 1 fully saturated rings. The van der Waals surface area contributed by atoms with Crippen molar-refractivity contribution < 1.29 is 46.7 Å². The number of ether oxygens (including phenoxy) is 3. The van der Waals surface area contributed by atoms with Gasteiger partial charge in [0.25, 0.3) is 0 Å². The zero-order valence-corrected chi connectivity index (χ0v) is 20.8. The summed E-state index contributed by atoms with van der Waals surface area (Å²) in [5.74, 6) is -1.63. The van der Waals surface area contributed by atoms with Crippen molar-refractivity contribution >= 4 is 42.4 Å². The van der Waals surface area contributed by atoms with Crippen LogP contribution in [0.5, 0.6) is 0 Å². The summed E-state index contributed by atoms with van der Waals surface area (Å²) in [5, 5.41) is 2.73. The van der Waals surface area contributed by atoms with Gasteiger partial charge in [0.2, 0.25) is 6.79 Å². The van der Waals surface area contributed by atoms with Crippen LogP contribution in [0.2, 0.25) is 0 Å². The molecule has 1 saturated heterocycles. The number of nitrogens with zero attached hydrogens (tertiary/aromatic N) is 2. The number of hydrogen-bond donors (Lipinski definition) is 2. The Labute approximate surface area is 201 Å². The first-order chi connectivity index (χ1) is 15.4. The summed E-state index contributed by atoms with van der Waals surface area (Å²) in [5.41, 5.74) is -2.68. The van der Waals surface area contributed by atoms with Crippen LogP contribution in [-0.4, -0.2) is 71.8 Å². The van der Waals surface area contributed by atoms with E-state index in [1.165, 1.54) is 19.2 Å². The van der Waals surface area contributed by atoms with Gasteiger partial charge in [-0.05, 0) is 42.6 Å². The second-order valence-corrected chi connectivity index (χ2v) is 9.63. The molecule has 2 rings (SSSR count). The molecule has 186 valence electrons. The summed E-state index contributed by atoms with van der Waals surface area (Å²) in [4.78, 5) is 48.2. The predicted octanol–water partition coefficient (Wildman–Crippen LogP) is 0.651. The van der Waals surface area contributed by atoms with Crippen LogP contribution in [0.25, 0.3) is 0 Å². The number of phosphoric ester groups is 1. The lowest BCUT2D eigenvalue weighted by Gasteiger charge is -2.22. The predicted molar refractivity (Wildman–Crippen MR) is 117 cm³/mol. The van der Waals surface area contributed by atoms with Crippen LogP contribution in [0, 0.1) is 3.70 Å². The van der Waals surface area contributed by atoms with Crippen LogP contribution in [0.15, 0.2) is 17.1 Å². The van der Waals surface area contributed by atoms with Crippen molar-refractivity contribution in [2.45, 2.75) is 37.8 Å². The van der Waals surface area contributed by atoms with Gasteiger partial charge >= 0.3 is 25.5 Å². The van der Waals surface area contributed by atoms with Gasteiger partial charge in [0, 0.05) is 19.2 Å². The maximum Gasteiger partial charge on any atom is 0.475 e. The number of alkyl halides is 1. The minimum Gasteiger partial charge on any atom is -0.454 e. The van der Waals surface area contributed by atoms with Gasteiger partial charge in [0.15, 0.2) is 18.5 Å². The van der Waals surface area contributed by atoms with Gasteiger partial charge in [-0.2, -0.15) is 4.98 Å². The lowest BCUT2D eigenvalue weighted by molar-refractivity contribution is -0.163. The molecule has 1 unspecified atom stereocenters. The van der Waals surface area contributed by atoms with Crippen LogP contribution in [-0.2, 0) is 37.4 Å². The van der Waals surface area contributed by atoms with E-state index >= 15 is 0 Å². The number of phosphoric acid groups is 1. The molecule has 1 aromatic rings. The number of carbonyl (C=O) groups excluding carboxylic acids is 2. The molecular weight excluding hydrogens is 583 g/mol. The van der Waals surface area contributed by atoms with Crippen molar-refractivity contribution in [3.63, 3.8) is 0 Å². The molecule has 1 aliphatic rings. The monoisotopic (exact) mass is 607 g/mol. The van der Waals surface area contributed by atoms with Gasteiger partial charge in [-0.1, -0.05) is 0 Å². The molecule has 2 N–H and O–H groups in total. The Morgan fingerprint density at radius 3 is 2.82 bits per heavy atom. The first-order valence-corrected chi connectivity index (χ1v) is 12.2. The summed E-state index contributed by atoms with van der Waals surface area (Å²) >= 11 is 1.84. The lowest BCUT2D eigenvalue weighted by atomic mass is 10.0. The van der Waals surface area contributed by atoms with E-state index in [9.17, 15) is 28.2 Å². The van der Waals surface area contributed by atoms with Gasteiger partial charge in [-0.3, -0.25) is 13.9 Å². The topological polar surface area (TPSA) is 165 Å². The van der Waals surface area contributed by atoms with Crippen LogP contribution < -0.4 is 11.0 Å². The number of hydrogen-bond acceptors (Lipinski definition) is 11. The molecule has 0 amide bonds. The molecule has 13 nitrogen and oxygen atoms in total. The molecular formula is C17H24FIN3O10P. The molecule has 33 heavy (non-hydrogen) atoms. The summed E-state index contributed by atoms with van der Waals surface area (Å²) in [6.07, 6.45) is -1.12. The van der Waals surface area contributed by atoms with Crippen molar-refractivity contribution in [1.29, 1.82) is 0 Å². The van der Waals surface area contributed by atoms with E-state index in [0.717, 1.165) is 4.57 Å². The zero-order chi connectivity index (χ0) is 24.6. The van der Waals surface area contributed by atoms with E-state index in [0.29, 0.717) is 10.2 Å². The molecule has 0 saturated carbocycles. The van der Waals surface area contributed by atoms with Crippen molar-refractivity contribution in [3.8, 4) is 0 Å². The maximum absolute atomic E-state index is 15.0. The number of rotatable bonds is 12. The van der Waals surface area contributed by atoms with Gasteiger partial charge < -0.3 is 24.4 Å². The number of esters is 2. The Bertz CT molecular complexity index is 946. The van der Waals surface area contributed by atoms with Crippen LogP contribution in [0.4, 0.5) is 4.39 Å². The summed E-state index contributed by atoms with van der Waals surface area (Å²) < 4.78 is 52.3. The summed E-state index contributed by atoms with van der Waals surface area (Å²) in [7, 11) is -3.04. The van der Waals surface area contributed by atoms with E-state index < -0.39 is 63.5 Å². The average Bonchev–Trinajstić information content (AvgIpc) is 3.03. The third kappa shape index (κ3) is 8.99. The highest BCUT2D eigenvalue weighted by Gasteiger charge is 2.48. The van der Waals surface area contributed by atoms with E-state index in [1.807, 2.05) is 22.6 Å². The quantitative estimate of drug-likeness (QED) is 0.112. The van der Waals surface area contributed by atoms with Crippen molar-refractivity contribution in [2.75, 3.05) is 33.6 Å². The minimum absolute atomic E-state index is 0.0523. The molecule has 0 aliphatic carbocycles. The molecule has 1 aliphatic heterocycles.